The van der Waals surface area contributed by atoms with Gasteiger partial charge >= 0.3 is 0 Å². The van der Waals surface area contributed by atoms with Crippen molar-refractivity contribution in [2.75, 3.05) is 18.8 Å². The Kier molecular flexibility index (Phi) is 6.08. The lowest BCUT2D eigenvalue weighted by atomic mass is 9.93. The Labute approximate surface area is 204 Å². The minimum absolute atomic E-state index is 0.0133. The number of fused-ring (bicyclic) bond motifs is 2. The third-order valence-corrected chi connectivity index (χ3v) is 8.63. The van der Waals surface area contributed by atoms with Crippen molar-refractivity contribution in [2.24, 2.45) is 0 Å². The Morgan fingerprint density at radius 3 is 2.59 bits per heavy atom. The first-order valence-corrected chi connectivity index (χ1v) is 13.5. The number of nitrogens with zero attached hydrogens (tertiary/aromatic N) is 3. The lowest BCUT2D eigenvalue weighted by Gasteiger charge is -2.32. The van der Waals surface area contributed by atoms with Crippen LogP contribution in [0.3, 0.4) is 0 Å². The molecule has 2 aromatic carbocycles. The summed E-state index contributed by atoms with van der Waals surface area (Å²) in [5, 5.41) is 2.29. The molecule has 0 spiro atoms. The Hall–Kier alpha value is -2.90. The fraction of sp³-hybridized carbons (Fsp3) is 0.308. The maximum atomic E-state index is 12.9. The van der Waals surface area contributed by atoms with Crippen LogP contribution >= 0.6 is 11.6 Å². The largest absolute Gasteiger partial charge is 0.343 e. The van der Waals surface area contributed by atoms with Crippen molar-refractivity contribution in [3.05, 3.63) is 77.2 Å². The highest BCUT2D eigenvalue weighted by Gasteiger charge is 2.27. The first-order valence-electron chi connectivity index (χ1n) is 11.4. The van der Waals surface area contributed by atoms with Crippen molar-refractivity contribution in [3.8, 4) is 0 Å². The SMILES string of the molecule is Cc1ccn2c(C3CCN(C(=O)CCS(=O)(=O)c4ccc5cc(Cl)ccc5c4)CC3)cnc2c1. The summed E-state index contributed by atoms with van der Waals surface area (Å²) in [4.78, 5) is 19.4. The molecule has 1 saturated heterocycles. The number of piperidine rings is 1. The highest BCUT2D eigenvalue weighted by atomic mass is 35.5. The number of likely N-dealkylation sites (tertiary alicyclic amines) is 1. The van der Waals surface area contributed by atoms with Crippen LogP contribution in [0.15, 0.2) is 65.8 Å². The van der Waals surface area contributed by atoms with E-state index in [9.17, 15) is 13.2 Å². The number of imidazole rings is 1. The predicted octanol–water partition coefficient (Wildman–Crippen LogP) is 5.02. The van der Waals surface area contributed by atoms with Crippen molar-refractivity contribution in [1.29, 1.82) is 0 Å². The number of aromatic nitrogens is 2. The van der Waals surface area contributed by atoms with E-state index in [2.05, 4.69) is 34.6 Å². The monoisotopic (exact) mass is 495 g/mol. The normalized spacial score (nSPS) is 15.3. The average Bonchev–Trinajstić information content (AvgIpc) is 3.25. The molecular weight excluding hydrogens is 470 g/mol. The summed E-state index contributed by atoms with van der Waals surface area (Å²) < 4.78 is 27.9. The Bertz CT molecular complexity index is 1490. The summed E-state index contributed by atoms with van der Waals surface area (Å²) in [7, 11) is -3.56. The number of amides is 1. The van der Waals surface area contributed by atoms with E-state index >= 15 is 0 Å². The summed E-state index contributed by atoms with van der Waals surface area (Å²) in [5.41, 5.74) is 3.28. The molecule has 1 aliphatic heterocycles. The molecule has 0 bridgehead atoms. The second kappa shape index (κ2) is 9.04. The van der Waals surface area contributed by atoms with Gasteiger partial charge in [-0.1, -0.05) is 23.7 Å². The molecule has 4 aromatic rings. The van der Waals surface area contributed by atoms with Crippen LogP contribution in [0, 0.1) is 6.92 Å². The number of aryl methyl sites for hydroxylation is 1. The predicted molar refractivity (Wildman–Crippen MR) is 134 cm³/mol. The van der Waals surface area contributed by atoms with Crippen LogP contribution < -0.4 is 0 Å². The quantitative estimate of drug-likeness (QED) is 0.389. The van der Waals surface area contributed by atoms with Gasteiger partial charge in [0.15, 0.2) is 9.84 Å². The van der Waals surface area contributed by atoms with Crippen molar-refractivity contribution >= 4 is 43.8 Å². The molecule has 0 radical (unpaired) electrons. The zero-order valence-corrected chi connectivity index (χ0v) is 20.5. The number of hydrogen-bond donors (Lipinski definition) is 0. The number of rotatable bonds is 5. The van der Waals surface area contributed by atoms with Crippen LogP contribution in [0.2, 0.25) is 5.02 Å². The molecule has 1 amide bonds. The van der Waals surface area contributed by atoms with Gasteiger partial charge in [0.05, 0.1) is 10.6 Å². The standard InChI is InChI=1S/C26H26ClN3O3S/c1-18-6-12-30-24(17-28-25(30)14-18)19-7-10-29(11-8-19)26(31)9-13-34(32,33)23-5-3-20-15-22(27)4-2-21(20)16-23/h2-6,12,14-17,19H,7-11,13H2,1H3. The van der Waals surface area contributed by atoms with E-state index in [-0.39, 0.29) is 23.0 Å². The zero-order chi connectivity index (χ0) is 23.9. The number of sulfone groups is 1. The minimum Gasteiger partial charge on any atom is -0.343 e. The number of carbonyl (C=O) groups excluding carboxylic acids is 1. The average molecular weight is 496 g/mol. The maximum Gasteiger partial charge on any atom is 0.223 e. The van der Waals surface area contributed by atoms with E-state index < -0.39 is 9.84 Å². The second-order valence-corrected chi connectivity index (χ2v) is 11.5. The van der Waals surface area contributed by atoms with Crippen LogP contribution in [0.5, 0.6) is 0 Å². The van der Waals surface area contributed by atoms with Crippen molar-refractivity contribution in [1.82, 2.24) is 14.3 Å². The van der Waals surface area contributed by atoms with Gasteiger partial charge in [-0.05, 0) is 72.5 Å². The number of pyridine rings is 1. The fourth-order valence-electron chi connectivity index (χ4n) is 4.71. The molecule has 1 fully saturated rings. The van der Waals surface area contributed by atoms with Gasteiger partial charge in [0.25, 0.3) is 0 Å². The van der Waals surface area contributed by atoms with E-state index in [1.807, 2.05) is 6.20 Å². The van der Waals surface area contributed by atoms with Crippen molar-refractivity contribution in [2.45, 2.75) is 37.0 Å². The molecule has 6 nitrogen and oxygen atoms in total. The molecule has 176 valence electrons. The highest BCUT2D eigenvalue weighted by Crippen LogP contribution is 2.29. The number of hydrogen-bond acceptors (Lipinski definition) is 4. The van der Waals surface area contributed by atoms with Gasteiger partial charge in [-0.3, -0.25) is 4.79 Å². The highest BCUT2D eigenvalue weighted by molar-refractivity contribution is 7.91. The van der Waals surface area contributed by atoms with Crippen LogP contribution in [0.4, 0.5) is 0 Å². The molecule has 0 aliphatic carbocycles. The Balaban J connectivity index is 1.20. The van der Waals surface area contributed by atoms with Gasteiger partial charge in [-0.2, -0.15) is 0 Å². The van der Waals surface area contributed by atoms with E-state index in [0.717, 1.165) is 29.3 Å². The third-order valence-electron chi connectivity index (χ3n) is 6.68. The van der Waals surface area contributed by atoms with Crippen LogP contribution in [0.25, 0.3) is 16.4 Å². The molecule has 34 heavy (non-hydrogen) atoms. The molecule has 5 rings (SSSR count). The summed E-state index contributed by atoms with van der Waals surface area (Å²) in [6.07, 6.45) is 5.65. The number of carbonyl (C=O) groups is 1. The number of benzene rings is 2. The first-order chi connectivity index (χ1) is 16.3. The van der Waals surface area contributed by atoms with Gasteiger partial charge < -0.3 is 9.30 Å². The minimum atomic E-state index is -3.56. The summed E-state index contributed by atoms with van der Waals surface area (Å²) in [6, 6.07) is 14.5. The van der Waals surface area contributed by atoms with Gasteiger partial charge in [0.2, 0.25) is 5.91 Å². The lowest BCUT2D eigenvalue weighted by molar-refractivity contribution is -0.131. The number of halogens is 1. The van der Waals surface area contributed by atoms with Gasteiger partial charge in [0, 0.05) is 48.5 Å². The first kappa shape index (κ1) is 22.9. The molecular formula is C26H26ClN3O3S. The molecule has 0 unspecified atom stereocenters. The molecule has 0 atom stereocenters. The van der Waals surface area contributed by atoms with Gasteiger partial charge in [0.1, 0.15) is 5.65 Å². The second-order valence-electron chi connectivity index (χ2n) is 8.99. The van der Waals surface area contributed by atoms with E-state index in [0.29, 0.717) is 24.0 Å². The summed E-state index contributed by atoms with van der Waals surface area (Å²) in [5.74, 6) is 0.0252. The van der Waals surface area contributed by atoms with Crippen molar-refractivity contribution in [3.63, 3.8) is 0 Å². The molecule has 0 saturated carbocycles. The molecule has 3 heterocycles. The Morgan fingerprint density at radius 1 is 1.06 bits per heavy atom. The van der Waals surface area contributed by atoms with E-state index in [1.54, 1.807) is 41.3 Å². The van der Waals surface area contributed by atoms with Gasteiger partial charge in [-0.15, -0.1) is 0 Å². The van der Waals surface area contributed by atoms with Gasteiger partial charge in [-0.25, -0.2) is 13.4 Å². The van der Waals surface area contributed by atoms with E-state index in [4.69, 9.17) is 11.6 Å². The summed E-state index contributed by atoms with van der Waals surface area (Å²) in [6.45, 7) is 3.30. The van der Waals surface area contributed by atoms with Crippen LogP contribution in [-0.4, -0.2) is 47.5 Å². The maximum absolute atomic E-state index is 12.9. The van der Waals surface area contributed by atoms with Crippen molar-refractivity contribution < 1.29 is 13.2 Å². The Morgan fingerprint density at radius 2 is 1.79 bits per heavy atom. The van der Waals surface area contributed by atoms with E-state index in [1.165, 1.54) is 11.3 Å². The smallest absolute Gasteiger partial charge is 0.223 e. The van der Waals surface area contributed by atoms with Crippen LogP contribution in [-0.2, 0) is 14.6 Å². The molecule has 8 heteroatoms. The zero-order valence-electron chi connectivity index (χ0n) is 18.9. The lowest BCUT2D eigenvalue weighted by Crippen LogP contribution is -2.38. The molecule has 1 aliphatic rings. The molecule has 2 aromatic heterocycles. The third kappa shape index (κ3) is 4.55. The topological polar surface area (TPSA) is 71.8 Å². The fourth-order valence-corrected chi connectivity index (χ4v) is 6.16. The summed E-state index contributed by atoms with van der Waals surface area (Å²) >= 11 is 6.01. The molecule has 0 N–H and O–H groups in total. The van der Waals surface area contributed by atoms with Crippen LogP contribution in [0.1, 0.15) is 36.4 Å².